The Kier molecular flexibility index (Phi) is 7.34. The SMILES string of the molecule is COC(=O)[C@@H]1C(=O)NC(SCC(=O)Nc2cccc(Cl)c2)=C(C#N)[C@@H]1c1ccccc1. The Bertz CT molecular complexity index is 1080. The predicted molar refractivity (Wildman–Crippen MR) is 118 cm³/mol. The summed E-state index contributed by atoms with van der Waals surface area (Å²) in [5.74, 6) is -3.73. The van der Waals surface area contributed by atoms with Gasteiger partial charge in [0.1, 0.15) is 5.92 Å². The fraction of sp³-hybridized carbons (Fsp3) is 0.182. The first-order chi connectivity index (χ1) is 14.9. The molecule has 0 unspecified atom stereocenters. The van der Waals surface area contributed by atoms with E-state index < -0.39 is 23.7 Å². The van der Waals surface area contributed by atoms with Gasteiger partial charge in [0, 0.05) is 16.6 Å². The molecule has 2 amide bonds. The van der Waals surface area contributed by atoms with Gasteiger partial charge >= 0.3 is 5.97 Å². The average Bonchev–Trinajstić information content (AvgIpc) is 2.77. The summed E-state index contributed by atoms with van der Waals surface area (Å²) in [6.45, 7) is 0. The molecule has 2 atom stereocenters. The van der Waals surface area contributed by atoms with Gasteiger partial charge in [0.15, 0.2) is 0 Å². The minimum absolute atomic E-state index is 0.0578. The van der Waals surface area contributed by atoms with E-state index in [1.165, 1.54) is 7.11 Å². The summed E-state index contributed by atoms with van der Waals surface area (Å²) in [7, 11) is 1.19. The average molecular weight is 456 g/mol. The zero-order chi connectivity index (χ0) is 22.4. The highest BCUT2D eigenvalue weighted by Gasteiger charge is 2.44. The summed E-state index contributed by atoms with van der Waals surface area (Å²) < 4.78 is 4.80. The van der Waals surface area contributed by atoms with Gasteiger partial charge in [0.05, 0.1) is 29.5 Å². The molecule has 0 fully saturated rings. The van der Waals surface area contributed by atoms with Gasteiger partial charge in [-0.3, -0.25) is 14.4 Å². The third-order valence-corrected chi connectivity index (χ3v) is 5.85. The molecule has 0 aromatic heterocycles. The molecule has 0 saturated carbocycles. The van der Waals surface area contributed by atoms with Crippen molar-refractivity contribution in [3.63, 3.8) is 0 Å². The van der Waals surface area contributed by atoms with Crippen molar-refractivity contribution < 1.29 is 19.1 Å². The number of nitrogens with zero attached hydrogens (tertiary/aromatic N) is 1. The lowest BCUT2D eigenvalue weighted by Gasteiger charge is -2.30. The fourth-order valence-corrected chi connectivity index (χ4v) is 4.28. The zero-order valence-electron chi connectivity index (χ0n) is 16.4. The van der Waals surface area contributed by atoms with E-state index in [0.29, 0.717) is 16.3 Å². The minimum Gasteiger partial charge on any atom is -0.468 e. The Balaban J connectivity index is 1.86. The molecule has 1 aliphatic rings. The lowest BCUT2D eigenvalue weighted by atomic mass is 9.78. The number of halogens is 1. The number of carbonyl (C=O) groups excluding carboxylic acids is 3. The summed E-state index contributed by atoms with van der Waals surface area (Å²) in [5.41, 5.74) is 1.36. The number of methoxy groups -OCH3 is 1. The molecule has 0 saturated heterocycles. The quantitative estimate of drug-likeness (QED) is 0.510. The number of carbonyl (C=O) groups is 3. The van der Waals surface area contributed by atoms with Crippen molar-refractivity contribution in [2.24, 2.45) is 5.92 Å². The maximum Gasteiger partial charge on any atom is 0.319 e. The van der Waals surface area contributed by atoms with E-state index in [9.17, 15) is 19.6 Å². The normalized spacial score (nSPS) is 18.0. The Hall–Kier alpha value is -3.28. The van der Waals surface area contributed by atoms with Crippen LogP contribution in [-0.4, -0.2) is 30.6 Å². The number of allylic oxidation sites excluding steroid dienone is 1. The van der Waals surface area contributed by atoms with Gasteiger partial charge in [-0.15, -0.1) is 0 Å². The smallest absolute Gasteiger partial charge is 0.319 e. The molecule has 2 aromatic rings. The molecule has 0 aliphatic carbocycles. The van der Waals surface area contributed by atoms with Gasteiger partial charge in [-0.2, -0.15) is 5.26 Å². The van der Waals surface area contributed by atoms with Gasteiger partial charge in [0.25, 0.3) is 0 Å². The maximum absolute atomic E-state index is 12.7. The number of hydrogen-bond acceptors (Lipinski definition) is 6. The third-order valence-electron chi connectivity index (χ3n) is 4.60. The predicted octanol–water partition coefficient (Wildman–Crippen LogP) is 3.45. The Labute approximate surface area is 188 Å². The van der Waals surface area contributed by atoms with E-state index in [1.807, 2.05) is 0 Å². The minimum atomic E-state index is -1.20. The van der Waals surface area contributed by atoms with Crippen LogP contribution in [0.5, 0.6) is 0 Å². The lowest BCUT2D eigenvalue weighted by Crippen LogP contribution is -2.44. The van der Waals surface area contributed by atoms with Crippen LogP contribution in [0.4, 0.5) is 5.69 Å². The van der Waals surface area contributed by atoms with E-state index in [1.54, 1.807) is 54.6 Å². The van der Waals surface area contributed by atoms with Crippen LogP contribution in [0.25, 0.3) is 0 Å². The van der Waals surface area contributed by atoms with Crippen molar-refractivity contribution in [3.05, 3.63) is 75.8 Å². The van der Waals surface area contributed by atoms with Crippen LogP contribution in [0, 0.1) is 17.2 Å². The number of benzene rings is 2. The van der Waals surface area contributed by atoms with E-state index in [0.717, 1.165) is 11.8 Å². The van der Waals surface area contributed by atoms with E-state index in [4.69, 9.17) is 16.3 Å². The number of nitrogens with one attached hydrogen (secondary N) is 2. The molecular weight excluding hydrogens is 438 g/mol. The summed E-state index contributed by atoms with van der Waals surface area (Å²) in [6.07, 6.45) is 0. The van der Waals surface area contributed by atoms with Crippen molar-refractivity contribution in [3.8, 4) is 6.07 Å². The molecule has 3 rings (SSSR count). The van der Waals surface area contributed by atoms with Crippen molar-refractivity contribution in [1.29, 1.82) is 5.26 Å². The first kappa shape index (κ1) is 22.4. The van der Waals surface area contributed by atoms with Crippen molar-refractivity contribution >= 4 is 46.8 Å². The summed E-state index contributed by atoms with van der Waals surface area (Å²) >= 11 is 6.93. The van der Waals surface area contributed by atoms with Crippen LogP contribution in [0.3, 0.4) is 0 Å². The Morgan fingerprint density at radius 3 is 2.61 bits per heavy atom. The molecule has 0 spiro atoms. The topological polar surface area (TPSA) is 108 Å². The van der Waals surface area contributed by atoms with Crippen LogP contribution in [0.1, 0.15) is 11.5 Å². The van der Waals surface area contributed by atoms with E-state index in [-0.39, 0.29) is 22.3 Å². The molecule has 31 heavy (non-hydrogen) atoms. The van der Waals surface area contributed by atoms with Gasteiger partial charge < -0.3 is 15.4 Å². The highest BCUT2D eigenvalue weighted by atomic mass is 35.5. The van der Waals surface area contributed by atoms with Crippen LogP contribution in [-0.2, 0) is 19.1 Å². The van der Waals surface area contributed by atoms with E-state index in [2.05, 4.69) is 16.7 Å². The van der Waals surface area contributed by atoms with Gasteiger partial charge in [-0.25, -0.2) is 0 Å². The standard InChI is InChI=1S/C22H18ClN3O4S/c1-30-22(29)19-18(13-6-3-2-4-7-13)16(11-24)21(26-20(19)28)31-12-17(27)25-15-9-5-8-14(23)10-15/h2-10,18-19H,12H2,1H3,(H,25,27)(H,26,28)/t18-,19-/m0/s1. The molecular formula is C22H18ClN3O4S. The number of thioether (sulfide) groups is 1. The van der Waals surface area contributed by atoms with Gasteiger partial charge in [-0.1, -0.05) is 59.8 Å². The lowest BCUT2D eigenvalue weighted by molar-refractivity contribution is -0.150. The molecule has 2 N–H and O–H groups in total. The molecule has 1 aliphatic heterocycles. The van der Waals surface area contributed by atoms with Crippen LogP contribution in [0.2, 0.25) is 5.02 Å². The molecule has 7 nitrogen and oxygen atoms in total. The second-order valence-corrected chi connectivity index (χ2v) is 8.00. The number of amides is 2. The van der Waals surface area contributed by atoms with Crippen LogP contribution >= 0.6 is 23.4 Å². The van der Waals surface area contributed by atoms with Crippen LogP contribution in [0.15, 0.2) is 65.2 Å². The molecule has 2 aromatic carbocycles. The van der Waals surface area contributed by atoms with E-state index >= 15 is 0 Å². The third kappa shape index (κ3) is 5.26. The Morgan fingerprint density at radius 2 is 1.97 bits per heavy atom. The number of esters is 1. The summed E-state index contributed by atoms with van der Waals surface area (Å²) in [6, 6.07) is 17.6. The molecule has 1 heterocycles. The van der Waals surface area contributed by atoms with Crippen LogP contribution < -0.4 is 10.6 Å². The Morgan fingerprint density at radius 1 is 1.23 bits per heavy atom. The second kappa shape index (κ2) is 10.2. The first-order valence-corrected chi connectivity index (χ1v) is 10.6. The highest BCUT2D eigenvalue weighted by Crippen LogP contribution is 2.40. The van der Waals surface area contributed by atoms with Crippen molar-refractivity contribution in [2.45, 2.75) is 5.92 Å². The maximum atomic E-state index is 12.7. The number of ether oxygens (including phenoxy) is 1. The molecule has 9 heteroatoms. The van der Waals surface area contributed by atoms with Crippen molar-refractivity contribution in [1.82, 2.24) is 5.32 Å². The zero-order valence-corrected chi connectivity index (χ0v) is 18.0. The van der Waals surface area contributed by atoms with Crippen molar-refractivity contribution in [2.75, 3.05) is 18.2 Å². The first-order valence-electron chi connectivity index (χ1n) is 9.20. The summed E-state index contributed by atoms with van der Waals surface area (Å²) in [5, 5.41) is 15.9. The van der Waals surface area contributed by atoms with Gasteiger partial charge in [-0.05, 0) is 23.8 Å². The number of rotatable bonds is 6. The largest absolute Gasteiger partial charge is 0.468 e. The molecule has 158 valence electrons. The van der Waals surface area contributed by atoms with Gasteiger partial charge in [0.2, 0.25) is 11.8 Å². The number of anilines is 1. The molecule has 0 bridgehead atoms. The number of hydrogen-bond donors (Lipinski definition) is 2. The highest BCUT2D eigenvalue weighted by molar-refractivity contribution is 8.03. The second-order valence-electron chi connectivity index (χ2n) is 6.58. The fourth-order valence-electron chi connectivity index (χ4n) is 3.24. The monoisotopic (exact) mass is 455 g/mol. The molecule has 0 radical (unpaired) electrons. The number of nitriles is 1. The summed E-state index contributed by atoms with van der Waals surface area (Å²) in [4.78, 5) is 37.4.